The summed E-state index contributed by atoms with van der Waals surface area (Å²) >= 11 is 0. The Bertz CT molecular complexity index is 670. The molecule has 0 aromatic heterocycles. The van der Waals surface area contributed by atoms with Gasteiger partial charge in [-0.05, 0) is 32.9 Å². The number of aryl methyl sites for hydroxylation is 1. The van der Waals surface area contributed by atoms with Crippen LogP contribution in [0.4, 0.5) is 0 Å². The molecular formula is C17H30N4O3S. The van der Waals surface area contributed by atoms with E-state index in [-0.39, 0.29) is 0 Å². The van der Waals surface area contributed by atoms with Gasteiger partial charge in [-0.3, -0.25) is 4.99 Å². The van der Waals surface area contributed by atoms with Crippen LogP contribution >= 0.6 is 0 Å². The highest BCUT2D eigenvalue weighted by molar-refractivity contribution is 7.88. The Morgan fingerprint density at radius 2 is 1.88 bits per heavy atom. The number of nitrogens with zero attached hydrogens (tertiary/aromatic N) is 2. The van der Waals surface area contributed by atoms with Crippen LogP contribution in [0.2, 0.25) is 0 Å². The highest BCUT2D eigenvalue weighted by atomic mass is 32.2. The van der Waals surface area contributed by atoms with Crippen molar-refractivity contribution in [2.45, 2.75) is 26.3 Å². The van der Waals surface area contributed by atoms with Gasteiger partial charge in [-0.15, -0.1) is 0 Å². The number of rotatable bonds is 8. The van der Waals surface area contributed by atoms with E-state index in [2.05, 4.69) is 15.0 Å². The summed E-state index contributed by atoms with van der Waals surface area (Å²) in [5.41, 5.74) is 0.572. The van der Waals surface area contributed by atoms with Crippen molar-refractivity contribution in [2.75, 3.05) is 40.0 Å². The Morgan fingerprint density at radius 3 is 2.40 bits per heavy atom. The maximum Gasteiger partial charge on any atom is 0.209 e. The fourth-order valence-electron chi connectivity index (χ4n) is 2.26. The van der Waals surface area contributed by atoms with E-state index >= 15 is 0 Å². The Kier molecular flexibility index (Phi) is 7.69. The minimum absolute atomic E-state index is 0.413. The standard InChI is InChI=1S/C17H30N4O3S/c1-14-7-9-15(10-8-14)24-12-11-21(5)16(18-4)19-13-17(2,3)20-25(6,22)23/h7-10,20H,11-13H2,1-6H3,(H,18,19). The third-order valence-electron chi connectivity index (χ3n) is 3.44. The van der Waals surface area contributed by atoms with Crippen LogP contribution in [0.15, 0.2) is 29.3 Å². The molecule has 7 nitrogen and oxygen atoms in total. The van der Waals surface area contributed by atoms with Gasteiger partial charge < -0.3 is 15.0 Å². The summed E-state index contributed by atoms with van der Waals surface area (Å²) in [5.74, 6) is 1.51. The Balaban J connectivity index is 2.46. The lowest BCUT2D eigenvalue weighted by molar-refractivity contribution is 0.280. The molecule has 1 aromatic carbocycles. The van der Waals surface area contributed by atoms with Crippen molar-refractivity contribution in [3.8, 4) is 5.75 Å². The van der Waals surface area contributed by atoms with Crippen LogP contribution in [-0.4, -0.2) is 64.9 Å². The van der Waals surface area contributed by atoms with Crippen molar-refractivity contribution >= 4 is 16.0 Å². The van der Waals surface area contributed by atoms with Crippen LogP contribution in [0.3, 0.4) is 0 Å². The molecule has 1 aromatic rings. The molecule has 0 saturated heterocycles. The maximum atomic E-state index is 11.4. The minimum Gasteiger partial charge on any atom is -0.492 e. The van der Waals surface area contributed by atoms with Crippen LogP contribution < -0.4 is 14.8 Å². The first kappa shape index (κ1) is 21.2. The van der Waals surface area contributed by atoms with E-state index in [4.69, 9.17) is 4.74 Å². The van der Waals surface area contributed by atoms with Crippen molar-refractivity contribution in [1.29, 1.82) is 0 Å². The molecule has 1 rings (SSSR count). The summed E-state index contributed by atoms with van der Waals surface area (Å²) in [6, 6.07) is 7.91. The lowest BCUT2D eigenvalue weighted by Gasteiger charge is -2.29. The first-order valence-corrected chi connectivity index (χ1v) is 10.0. The van der Waals surface area contributed by atoms with E-state index in [0.29, 0.717) is 25.7 Å². The lowest BCUT2D eigenvalue weighted by Crippen LogP contribution is -2.53. The summed E-state index contributed by atoms with van der Waals surface area (Å²) in [6.45, 7) is 7.24. The number of guanidine groups is 1. The summed E-state index contributed by atoms with van der Waals surface area (Å²) in [4.78, 5) is 6.16. The van der Waals surface area contributed by atoms with Crippen molar-refractivity contribution < 1.29 is 13.2 Å². The van der Waals surface area contributed by atoms with Gasteiger partial charge in [0.1, 0.15) is 12.4 Å². The molecule has 0 saturated carbocycles. The molecule has 142 valence electrons. The highest BCUT2D eigenvalue weighted by Crippen LogP contribution is 2.11. The number of hydrogen-bond acceptors (Lipinski definition) is 4. The SMILES string of the molecule is CN=C(NCC(C)(C)NS(C)(=O)=O)N(C)CCOc1ccc(C)cc1. The number of benzene rings is 1. The van der Waals surface area contributed by atoms with E-state index in [1.54, 1.807) is 7.05 Å². The van der Waals surface area contributed by atoms with Gasteiger partial charge >= 0.3 is 0 Å². The molecule has 0 atom stereocenters. The molecule has 0 aliphatic carbocycles. The molecule has 0 heterocycles. The average Bonchev–Trinajstić information content (AvgIpc) is 2.47. The monoisotopic (exact) mass is 370 g/mol. The molecule has 0 amide bonds. The van der Waals surface area contributed by atoms with E-state index < -0.39 is 15.6 Å². The lowest BCUT2D eigenvalue weighted by atomic mass is 10.1. The Hall–Kier alpha value is -1.80. The van der Waals surface area contributed by atoms with Crippen LogP contribution in [0, 0.1) is 6.92 Å². The second-order valence-corrected chi connectivity index (χ2v) is 8.49. The summed E-state index contributed by atoms with van der Waals surface area (Å²) in [6.07, 6.45) is 1.15. The van der Waals surface area contributed by atoms with Gasteiger partial charge in [0.2, 0.25) is 10.0 Å². The topological polar surface area (TPSA) is 83.0 Å². The number of hydrogen-bond donors (Lipinski definition) is 2. The van der Waals surface area contributed by atoms with Crippen LogP contribution in [0.1, 0.15) is 19.4 Å². The van der Waals surface area contributed by atoms with Gasteiger partial charge in [-0.25, -0.2) is 13.1 Å². The largest absolute Gasteiger partial charge is 0.492 e. The number of aliphatic imine (C=N–C) groups is 1. The molecule has 0 bridgehead atoms. The second kappa shape index (κ2) is 9.05. The zero-order chi connectivity index (χ0) is 19.1. The smallest absolute Gasteiger partial charge is 0.209 e. The fourth-order valence-corrected chi connectivity index (χ4v) is 3.34. The van der Waals surface area contributed by atoms with Gasteiger partial charge in [0.15, 0.2) is 5.96 Å². The highest BCUT2D eigenvalue weighted by Gasteiger charge is 2.22. The van der Waals surface area contributed by atoms with Gasteiger partial charge in [0.05, 0.1) is 12.8 Å². The van der Waals surface area contributed by atoms with Crippen molar-refractivity contribution in [3.63, 3.8) is 0 Å². The van der Waals surface area contributed by atoms with Crippen LogP contribution in [0.5, 0.6) is 5.75 Å². The molecule has 0 radical (unpaired) electrons. The predicted molar refractivity (Wildman–Crippen MR) is 103 cm³/mol. The van der Waals surface area contributed by atoms with Crippen molar-refractivity contribution in [2.24, 2.45) is 4.99 Å². The molecule has 0 aliphatic rings. The first-order chi connectivity index (χ1) is 11.5. The predicted octanol–water partition coefficient (Wildman–Crippen LogP) is 1.21. The van der Waals surface area contributed by atoms with E-state index in [1.807, 2.05) is 57.0 Å². The number of nitrogens with one attached hydrogen (secondary N) is 2. The molecule has 0 fully saturated rings. The molecule has 8 heteroatoms. The molecule has 0 unspecified atom stereocenters. The van der Waals surface area contributed by atoms with E-state index in [1.165, 1.54) is 5.56 Å². The molecule has 0 aliphatic heterocycles. The normalized spacial score (nSPS) is 12.8. The quantitative estimate of drug-likeness (QED) is 0.531. The van der Waals surface area contributed by atoms with E-state index in [9.17, 15) is 8.42 Å². The summed E-state index contributed by atoms with van der Waals surface area (Å²) < 4.78 is 31.1. The maximum absolute atomic E-state index is 11.4. The van der Waals surface area contributed by atoms with Gasteiger partial charge in [-0.2, -0.15) is 0 Å². The zero-order valence-corrected chi connectivity index (χ0v) is 16.8. The third-order valence-corrected chi connectivity index (χ3v) is 4.36. The van der Waals surface area contributed by atoms with Gasteiger partial charge in [0.25, 0.3) is 0 Å². The zero-order valence-electron chi connectivity index (χ0n) is 16.0. The van der Waals surface area contributed by atoms with Crippen molar-refractivity contribution in [3.05, 3.63) is 29.8 Å². The van der Waals surface area contributed by atoms with Crippen molar-refractivity contribution in [1.82, 2.24) is 14.9 Å². The van der Waals surface area contributed by atoms with Crippen LogP contribution in [0.25, 0.3) is 0 Å². The molecule has 25 heavy (non-hydrogen) atoms. The van der Waals surface area contributed by atoms with Gasteiger partial charge in [0, 0.05) is 26.2 Å². The minimum atomic E-state index is -3.27. The summed E-state index contributed by atoms with van der Waals surface area (Å²) in [5, 5.41) is 3.18. The van der Waals surface area contributed by atoms with Crippen LogP contribution in [-0.2, 0) is 10.0 Å². The molecule has 2 N–H and O–H groups in total. The molecular weight excluding hydrogens is 340 g/mol. The molecule has 0 spiro atoms. The fraction of sp³-hybridized carbons (Fsp3) is 0.588. The first-order valence-electron chi connectivity index (χ1n) is 8.12. The number of likely N-dealkylation sites (N-methyl/N-ethyl adjacent to an activating group) is 1. The number of sulfonamides is 1. The Labute approximate surface area is 151 Å². The third kappa shape index (κ3) is 8.74. The van der Waals surface area contributed by atoms with E-state index in [0.717, 1.165) is 12.0 Å². The average molecular weight is 371 g/mol. The second-order valence-electron chi connectivity index (χ2n) is 6.74. The number of ether oxygens (including phenoxy) is 1. The summed E-state index contributed by atoms with van der Waals surface area (Å²) in [7, 11) is 0.331. The Morgan fingerprint density at radius 1 is 1.28 bits per heavy atom. The van der Waals surface area contributed by atoms with Gasteiger partial charge in [-0.1, -0.05) is 17.7 Å².